The fourth-order valence-electron chi connectivity index (χ4n) is 0.512. The van der Waals surface area contributed by atoms with Crippen LogP contribution in [-0.2, 0) is 0 Å². The van der Waals surface area contributed by atoms with E-state index in [0.717, 1.165) is 7.85 Å². The summed E-state index contributed by atoms with van der Waals surface area (Å²) in [6.07, 6.45) is 2.62. The molecular weight excluding hydrogens is 326 g/mol. The molecule has 0 nitrogen and oxygen atoms in total. The van der Waals surface area contributed by atoms with Crippen LogP contribution in [0, 0.1) is 0 Å². The summed E-state index contributed by atoms with van der Waals surface area (Å²) in [6, 6.07) is 0. The van der Waals surface area contributed by atoms with Gasteiger partial charge >= 0.3 is 0 Å². The number of alkyl halides is 2. The summed E-state index contributed by atoms with van der Waals surface area (Å²) in [6.45, 7) is 4.50. The van der Waals surface area contributed by atoms with Gasteiger partial charge in [-0.3, -0.25) is 0 Å². The molecule has 50 valence electrons. The van der Waals surface area contributed by atoms with E-state index in [1.54, 1.807) is 0 Å². The molecule has 0 spiro atoms. The van der Waals surface area contributed by atoms with Gasteiger partial charge in [0.25, 0.3) is 0 Å². The van der Waals surface area contributed by atoms with E-state index in [1.165, 1.54) is 12.8 Å². The zero-order valence-corrected chi connectivity index (χ0v) is 9.64. The third-order valence-electron chi connectivity index (χ3n) is 1.17. The third-order valence-corrected chi connectivity index (χ3v) is 6.05. The van der Waals surface area contributed by atoms with Crippen molar-refractivity contribution in [1.82, 2.24) is 0 Å². The highest BCUT2D eigenvalue weighted by Gasteiger charge is 2.09. The molecule has 0 saturated heterocycles. The van der Waals surface area contributed by atoms with Crippen molar-refractivity contribution >= 4 is 45.2 Å². The van der Waals surface area contributed by atoms with Crippen molar-refractivity contribution in [3.63, 3.8) is 0 Å². The Hall–Kier alpha value is 1.46. The summed E-state index contributed by atoms with van der Waals surface area (Å²) in [5.41, 5.74) is 0. The van der Waals surface area contributed by atoms with Gasteiger partial charge in [-0.05, 0) is 12.8 Å². The van der Waals surface area contributed by atoms with Crippen LogP contribution in [0.25, 0.3) is 0 Å². The van der Waals surface area contributed by atoms with Gasteiger partial charge in [0, 0.05) is 7.85 Å². The molecule has 2 unspecified atom stereocenters. The predicted octanol–water partition coefficient (Wildman–Crippen LogP) is 3.41. The van der Waals surface area contributed by atoms with Crippen LogP contribution < -0.4 is 0 Å². The summed E-state index contributed by atoms with van der Waals surface area (Å²) in [5.74, 6) is 0. The smallest absolute Gasteiger partial charge is 0.0225 e. The molecule has 0 rings (SSSR count). The van der Waals surface area contributed by atoms with Crippen molar-refractivity contribution in [3.05, 3.63) is 0 Å². The first-order valence-corrected chi connectivity index (χ1v) is 5.49. The lowest BCUT2D eigenvalue weighted by atomic mass is 10.2. The van der Waals surface area contributed by atoms with Gasteiger partial charge in [0.05, 0.1) is 0 Å². The molecule has 0 fully saturated rings. The van der Waals surface area contributed by atoms with Crippen molar-refractivity contribution in [2.45, 2.75) is 34.5 Å². The van der Waals surface area contributed by atoms with Crippen molar-refractivity contribution in [1.29, 1.82) is 0 Å². The first kappa shape index (κ1) is 9.46. The van der Waals surface area contributed by atoms with E-state index in [1.807, 2.05) is 0 Å². The summed E-state index contributed by atoms with van der Waals surface area (Å²) in [5, 5.41) is 0. The quantitative estimate of drug-likeness (QED) is 0.547. The van der Waals surface area contributed by atoms with Gasteiger partial charge in [-0.15, -0.1) is 0 Å². The maximum Gasteiger partial charge on any atom is 0.0225 e. The normalized spacial score (nSPS) is 18.0. The van der Waals surface area contributed by atoms with E-state index >= 15 is 0 Å². The molecule has 0 aliphatic rings. The molecule has 0 radical (unpaired) electrons. The molecule has 0 N–H and O–H groups in total. The Kier molecular flexibility index (Phi) is 6.22. The minimum Gasteiger partial charge on any atom is -0.0815 e. The lowest BCUT2D eigenvalue weighted by molar-refractivity contribution is 0.781. The average molecular weight is 338 g/mol. The molecule has 8 heavy (non-hydrogen) atoms. The van der Waals surface area contributed by atoms with Gasteiger partial charge in [-0.25, -0.2) is 0 Å². The maximum absolute atomic E-state index is 2.52. The zero-order valence-electron chi connectivity index (χ0n) is 5.32. The first-order valence-electron chi connectivity index (χ1n) is 3.00. The molecule has 0 heterocycles. The maximum atomic E-state index is 2.52. The summed E-state index contributed by atoms with van der Waals surface area (Å²) < 4.78 is 1.75. The Balaban J connectivity index is 3.29. The van der Waals surface area contributed by atoms with Gasteiger partial charge in [0.1, 0.15) is 0 Å². The van der Waals surface area contributed by atoms with Gasteiger partial charge in [0.2, 0.25) is 0 Å². The van der Waals surface area contributed by atoms with E-state index < -0.39 is 0 Å². The Bertz CT molecular complexity index is 46.5. The largest absolute Gasteiger partial charge is 0.0815 e. The fraction of sp³-hybridized carbons (Fsp3) is 1.00. The van der Waals surface area contributed by atoms with Crippen LogP contribution in [0.3, 0.4) is 0 Å². The second-order valence-corrected chi connectivity index (χ2v) is 5.05. The molecule has 0 aliphatic heterocycles. The zero-order chi connectivity index (χ0) is 6.57. The molecular formula is C6H12I2. The van der Waals surface area contributed by atoms with Crippen LogP contribution in [0.15, 0.2) is 0 Å². The lowest BCUT2D eigenvalue weighted by Gasteiger charge is -2.11. The van der Waals surface area contributed by atoms with Crippen LogP contribution in [0.5, 0.6) is 0 Å². The molecule has 2 atom stereocenters. The fourth-order valence-corrected chi connectivity index (χ4v) is 1.53. The molecule has 0 amide bonds. The summed E-state index contributed by atoms with van der Waals surface area (Å²) >= 11 is 5.05. The second-order valence-electron chi connectivity index (χ2n) is 1.85. The van der Waals surface area contributed by atoms with Crippen molar-refractivity contribution in [3.8, 4) is 0 Å². The monoisotopic (exact) mass is 338 g/mol. The standard InChI is InChI=1S/C6H12I2/c1-3-5(7)6(8)4-2/h5-6H,3-4H2,1-2H3. The lowest BCUT2D eigenvalue weighted by Crippen LogP contribution is -2.10. The van der Waals surface area contributed by atoms with E-state index in [4.69, 9.17) is 0 Å². The minimum atomic E-state index is 0.873. The topological polar surface area (TPSA) is 0 Å². The van der Waals surface area contributed by atoms with Crippen LogP contribution in [0.1, 0.15) is 26.7 Å². The van der Waals surface area contributed by atoms with Crippen LogP contribution in [0.4, 0.5) is 0 Å². The highest BCUT2D eigenvalue weighted by atomic mass is 127. The first-order chi connectivity index (χ1) is 3.72. The SMILES string of the molecule is CCC(I)C(I)CC. The predicted molar refractivity (Wildman–Crippen MR) is 56.2 cm³/mol. The number of hydrogen-bond acceptors (Lipinski definition) is 0. The average Bonchev–Trinajstić information content (AvgIpc) is 1.84. The van der Waals surface area contributed by atoms with Crippen molar-refractivity contribution < 1.29 is 0 Å². The van der Waals surface area contributed by atoms with Crippen LogP contribution >= 0.6 is 45.2 Å². The van der Waals surface area contributed by atoms with E-state index in [9.17, 15) is 0 Å². The Morgan fingerprint density at radius 1 is 1.00 bits per heavy atom. The number of rotatable bonds is 3. The second kappa shape index (κ2) is 5.26. The minimum absolute atomic E-state index is 0.873. The van der Waals surface area contributed by atoms with E-state index in [0.29, 0.717) is 0 Å². The Morgan fingerprint density at radius 3 is 1.38 bits per heavy atom. The summed E-state index contributed by atoms with van der Waals surface area (Å²) in [4.78, 5) is 0. The molecule has 0 aromatic rings. The van der Waals surface area contributed by atoms with Gasteiger partial charge in [0.15, 0.2) is 0 Å². The Labute approximate surface area is 79.1 Å². The molecule has 0 aromatic carbocycles. The van der Waals surface area contributed by atoms with Crippen molar-refractivity contribution in [2.75, 3.05) is 0 Å². The molecule has 0 saturated carbocycles. The molecule has 0 aromatic heterocycles. The third kappa shape index (κ3) is 3.48. The number of halogens is 2. The van der Waals surface area contributed by atoms with E-state index in [-0.39, 0.29) is 0 Å². The van der Waals surface area contributed by atoms with Crippen molar-refractivity contribution in [2.24, 2.45) is 0 Å². The van der Waals surface area contributed by atoms with Gasteiger partial charge < -0.3 is 0 Å². The van der Waals surface area contributed by atoms with Gasteiger partial charge in [-0.2, -0.15) is 0 Å². The molecule has 2 heteroatoms. The number of hydrogen-bond donors (Lipinski definition) is 0. The highest BCUT2D eigenvalue weighted by molar-refractivity contribution is 14.1. The van der Waals surface area contributed by atoms with E-state index in [2.05, 4.69) is 59.0 Å². The molecule has 0 aliphatic carbocycles. The highest BCUT2D eigenvalue weighted by Crippen LogP contribution is 2.20. The Morgan fingerprint density at radius 2 is 1.25 bits per heavy atom. The van der Waals surface area contributed by atoms with Crippen LogP contribution in [0.2, 0.25) is 0 Å². The van der Waals surface area contributed by atoms with Gasteiger partial charge in [-0.1, -0.05) is 59.0 Å². The molecule has 0 bridgehead atoms. The summed E-state index contributed by atoms with van der Waals surface area (Å²) in [7, 11) is 0. The van der Waals surface area contributed by atoms with Crippen LogP contribution in [-0.4, -0.2) is 7.85 Å².